The van der Waals surface area contributed by atoms with Crippen LogP contribution in [-0.2, 0) is 24.3 Å². The molecule has 4 aromatic rings. The van der Waals surface area contributed by atoms with Crippen LogP contribution in [0.4, 0.5) is 0 Å². The monoisotopic (exact) mass is 552 g/mol. The van der Waals surface area contributed by atoms with Crippen LogP contribution in [0.15, 0.2) is 65.3 Å². The van der Waals surface area contributed by atoms with Gasteiger partial charge in [0.2, 0.25) is 11.8 Å². The molecule has 2 aliphatic heterocycles. The third kappa shape index (κ3) is 6.59. The van der Waals surface area contributed by atoms with E-state index in [0.29, 0.717) is 17.7 Å². The van der Waals surface area contributed by atoms with Gasteiger partial charge in [-0.2, -0.15) is 0 Å². The summed E-state index contributed by atoms with van der Waals surface area (Å²) in [7, 11) is 0. The van der Waals surface area contributed by atoms with Gasteiger partial charge in [0.1, 0.15) is 17.9 Å². The lowest BCUT2D eigenvalue weighted by atomic mass is 9.90. The van der Waals surface area contributed by atoms with Gasteiger partial charge in [-0.3, -0.25) is 9.69 Å². The van der Waals surface area contributed by atoms with Crippen molar-refractivity contribution >= 4 is 5.91 Å². The Hall–Kier alpha value is -3.78. The minimum atomic E-state index is 0.123. The van der Waals surface area contributed by atoms with Crippen molar-refractivity contribution in [2.45, 2.75) is 59.0 Å². The standard InChI is InChI=1S/C33H40N6O2/c1-24-7-6-10-29(19-24)32-35-30(25(2)41-32)22-37-15-13-28(14-16-37)33(40)38-17-11-26(12-18-38)20-31-36-34-23-39(31)21-27-8-4-3-5-9-27/h3-10,19,23,26,28H,11-18,20-22H2,1-2H3. The summed E-state index contributed by atoms with van der Waals surface area (Å²) >= 11 is 0. The van der Waals surface area contributed by atoms with Gasteiger partial charge in [-0.05, 0) is 76.2 Å². The van der Waals surface area contributed by atoms with Crippen molar-refractivity contribution in [1.29, 1.82) is 0 Å². The zero-order chi connectivity index (χ0) is 28.2. The average Bonchev–Trinajstić information content (AvgIpc) is 3.59. The molecule has 2 aromatic heterocycles. The highest BCUT2D eigenvalue weighted by Gasteiger charge is 2.31. The number of oxazole rings is 1. The molecule has 0 spiro atoms. The molecule has 41 heavy (non-hydrogen) atoms. The molecule has 8 nitrogen and oxygen atoms in total. The van der Waals surface area contributed by atoms with E-state index in [9.17, 15) is 4.79 Å². The minimum absolute atomic E-state index is 0.123. The molecule has 4 heterocycles. The third-order valence-electron chi connectivity index (χ3n) is 8.76. The summed E-state index contributed by atoms with van der Waals surface area (Å²) in [5, 5.41) is 8.59. The maximum atomic E-state index is 13.4. The molecule has 2 fully saturated rings. The molecule has 0 aliphatic carbocycles. The predicted octanol–water partition coefficient (Wildman–Crippen LogP) is 5.29. The number of piperidine rings is 2. The van der Waals surface area contributed by atoms with Crippen LogP contribution in [0.5, 0.6) is 0 Å². The minimum Gasteiger partial charge on any atom is -0.441 e. The molecule has 2 saturated heterocycles. The number of amides is 1. The van der Waals surface area contributed by atoms with Gasteiger partial charge in [-0.1, -0.05) is 48.0 Å². The molecule has 0 radical (unpaired) electrons. The number of nitrogens with zero attached hydrogens (tertiary/aromatic N) is 6. The van der Waals surface area contributed by atoms with Gasteiger partial charge in [-0.15, -0.1) is 10.2 Å². The highest BCUT2D eigenvalue weighted by Crippen LogP contribution is 2.28. The summed E-state index contributed by atoms with van der Waals surface area (Å²) in [6, 6.07) is 18.7. The maximum absolute atomic E-state index is 13.4. The van der Waals surface area contributed by atoms with Gasteiger partial charge in [0, 0.05) is 37.5 Å². The molecule has 1 amide bonds. The highest BCUT2D eigenvalue weighted by atomic mass is 16.4. The van der Waals surface area contributed by atoms with Crippen molar-refractivity contribution in [2.24, 2.45) is 11.8 Å². The second kappa shape index (κ2) is 12.4. The topological polar surface area (TPSA) is 80.3 Å². The fraction of sp³-hybridized carbons (Fsp3) is 0.455. The van der Waals surface area contributed by atoms with Crippen molar-refractivity contribution in [3.63, 3.8) is 0 Å². The molecule has 6 rings (SSSR count). The van der Waals surface area contributed by atoms with Gasteiger partial charge in [0.15, 0.2) is 0 Å². The lowest BCUT2D eigenvalue weighted by molar-refractivity contribution is -0.138. The van der Waals surface area contributed by atoms with E-state index in [4.69, 9.17) is 9.40 Å². The van der Waals surface area contributed by atoms with E-state index >= 15 is 0 Å². The molecule has 0 atom stereocenters. The van der Waals surface area contributed by atoms with Gasteiger partial charge in [0.05, 0.1) is 12.2 Å². The van der Waals surface area contributed by atoms with Crippen LogP contribution < -0.4 is 0 Å². The zero-order valence-corrected chi connectivity index (χ0v) is 24.2. The smallest absolute Gasteiger partial charge is 0.226 e. The number of aromatic nitrogens is 4. The summed E-state index contributed by atoms with van der Waals surface area (Å²) in [5.41, 5.74) is 4.46. The fourth-order valence-electron chi connectivity index (χ4n) is 6.25. The molecule has 2 aliphatic rings. The van der Waals surface area contributed by atoms with Gasteiger partial charge in [0.25, 0.3) is 0 Å². The Balaban J connectivity index is 0.961. The average molecular weight is 553 g/mol. The summed E-state index contributed by atoms with van der Waals surface area (Å²) < 4.78 is 8.16. The van der Waals surface area contributed by atoms with Gasteiger partial charge < -0.3 is 13.9 Å². The summed E-state index contributed by atoms with van der Waals surface area (Å²) in [4.78, 5) is 22.7. The molecule has 0 unspecified atom stereocenters. The van der Waals surface area contributed by atoms with E-state index in [1.165, 1.54) is 11.1 Å². The molecule has 2 aromatic carbocycles. The molecule has 0 saturated carbocycles. The predicted molar refractivity (Wildman–Crippen MR) is 158 cm³/mol. The lowest BCUT2D eigenvalue weighted by Gasteiger charge is -2.37. The quantitative estimate of drug-likeness (QED) is 0.296. The van der Waals surface area contributed by atoms with E-state index in [2.05, 4.69) is 67.9 Å². The first-order valence-corrected chi connectivity index (χ1v) is 15.0. The van der Waals surface area contributed by atoms with Gasteiger partial charge in [-0.25, -0.2) is 4.98 Å². The second-order valence-electron chi connectivity index (χ2n) is 11.8. The Morgan fingerprint density at radius 2 is 1.71 bits per heavy atom. The molecule has 0 N–H and O–H groups in total. The van der Waals surface area contributed by atoms with Crippen LogP contribution in [0, 0.1) is 25.7 Å². The molecule has 0 bridgehead atoms. The van der Waals surface area contributed by atoms with Crippen LogP contribution in [0.1, 0.15) is 54.1 Å². The number of carbonyl (C=O) groups excluding carboxylic acids is 1. The number of likely N-dealkylation sites (tertiary alicyclic amines) is 2. The Labute approximate surface area is 242 Å². The van der Waals surface area contributed by atoms with E-state index in [0.717, 1.165) is 94.2 Å². The lowest BCUT2D eigenvalue weighted by Crippen LogP contribution is -2.45. The summed E-state index contributed by atoms with van der Waals surface area (Å²) in [5.74, 6) is 3.61. The van der Waals surface area contributed by atoms with Crippen LogP contribution in [0.3, 0.4) is 0 Å². The SMILES string of the molecule is Cc1cccc(-c2nc(CN3CCC(C(=O)N4CCC(Cc5nncn5Cc5ccccc5)CC4)CC3)c(C)o2)c1. The fourth-order valence-corrected chi connectivity index (χ4v) is 6.25. The number of benzene rings is 2. The first-order chi connectivity index (χ1) is 20.0. The number of hydrogen-bond acceptors (Lipinski definition) is 6. The van der Waals surface area contributed by atoms with Crippen molar-refractivity contribution in [3.8, 4) is 11.5 Å². The molecule has 8 heteroatoms. The van der Waals surface area contributed by atoms with E-state index in [-0.39, 0.29) is 5.92 Å². The Bertz CT molecular complexity index is 1450. The third-order valence-corrected chi connectivity index (χ3v) is 8.76. The Morgan fingerprint density at radius 1 is 0.927 bits per heavy atom. The first kappa shape index (κ1) is 27.4. The number of aryl methyl sites for hydroxylation is 2. The van der Waals surface area contributed by atoms with Gasteiger partial charge >= 0.3 is 0 Å². The number of carbonyl (C=O) groups is 1. The van der Waals surface area contributed by atoms with Crippen LogP contribution in [0.2, 0.25) is 0 Å². The van der Waals surface area contributed by atoms with E-state index in [1.807, 2.05) is 31.5 Å². The van der Waals surface area contributed by atoms with Crippen LogP contribution >= 0.6 is 0 Å². The second-order valence-corrected chi connectivity index (χ2v) is 11.8. The van der Waals surface area contributed by atoms with Crippen molar-refractivity contribution < 1.29 is 9.21 Å². The number of hydrogen-bond donors (Lipinski definition) is 0. The van der Waals surface area contributed by atoms with E-state index < -0.39 is 0 Å². The molecule has 214 valence electrons. The summed E-state index contributed by atoms with van der Waals surface area (Å²) in [6.07, 6.45) is 6.61. The largest absolute Gasteiger partial charge is 0.441 e. The van der Waals surface area contributed by atoms with Crippen LogP contribution in [-0.4, -0.2) is 61.6 Å². The van der Waals surface area contributed by atoms with Crippen molar-refractivity contribution in [2.75, 3.05) is 26.2 Å². The Morgan fingerprint density at radius 3 is 2.46 bits per heavy atom. The maximum Gasteiger partial charge on any atom is 0.226 e. The zero-order valence-electron chi connectivity index (χ0n) is 24.2. The van der Waals surface area contributed by atoms with E-state index in [1.54, 1.807) is 0 Å². The number of rotatable bonds is 8. The molecular formula is C33H40N6O2. The summed E-state index contributed by atoms with van der Waals surface area (Å²) in [6.45, 7) is 9.15. The molecular weight excluding hydrogens is 512 g/mol. The highest BCUT2D eigenvalue weighted by molar-refractivity contribution is 5.79. The van der Waals surface area contributed by atoms with Crippen LogP contribution in [0.25, 0.3) is 11.5 Å². The first-order valence-electron chi connectivity index (χ1n) is 15.0. The normalized spacial score (nSPS) is 17.3. The van der Waals surface area contributed by atoms with Crippen molar-refractivity contribution in [3.05, 3.63) is 89.3 Å². The Kier molecular flexibility index (Phi) is 8.28. The van der Waals surface area contributed by atoms with Crippen molar-refractivity contribution in [1.82, 2.24) is 29.5 Å².